The Labute approximate surface area is 129 Å². The van der Waals surface area contributed by atoms with E-state index in [0.717, 1.165) is 4.68 Å². The molecular weight excluding hydrogens is 309 g/mol. The Hall–Kier alpha value is -2.90. The van der Waals surface area contributed by atoms with Crippen molar-refractivity contribution in [2.45, 2.75) is 6.18 Å². The molecule has 0 unspecified atom stereocenters. The zero-order chi connectivity index (χ0) is 16.4. The van der Waals surface area contributed by atoms with Crippen molar-refractivity contribution in [1.82, 2.24) is 19.7 Å². The molecule has 0 aliphatic carbocycles. The summed E-state index contributed by atoms with van der Waals surface area (Å²) in [5.74, 6) is -0.597. The normalized spacial score (nSPS) is 11.5. The van der Waals surface area contributed by atoms with Crippen molar-refractivity contribution >= 4 is 0 Å². The highest BCUT2D eigenvalue weighted by molar-refractivity contribution is 5.65. The molecule has 0 fully saturated rings. The molecule has 8 heteroatoms. The average molecular weight is 320 g/mol. The standard InChI is InChI=1S/C15H11F3N4O/c1-23-11-7-3-2-6-10(11)13-20-14(15(16,17)18)21-22(13)12-8-4-5-9-19-12/h2-9H,1H3. The molecule has 0 saturated heterocycles. The van der Waals surface area contributed by atoms with Gasteiger partial charge in [-0.25, -0.2) is 9.97 Å². The van der Waals surface area contributed by atoms with Gasteiger partial charge < -0.3 is 4.74 Å². The highest BCUT2D eigenvalue weighted by atomic mass is 19.4. The van der Waals surface area contributed by atoms with E-state index in [4.69, 9.17) is 4.74 Å². The summed E-state index contributed by atoms with van der Waals surface area (Å²) in [5.41, 5.74) is 0.392. The highest BCUT2D eigenvalue weighted by Crippen LogP contribution is 2.33. The van der Waals surface area contributed by atoms with E-state index in [2.05, 4.69) is 15.1 Å². The minimum Gasteiger partial charge on any atom is -0.496 e. The average Bonchev–Trinajstić information content (AvgIpc) is 3.01. The van der Waals surface area contributed by atoms with Crippen LogP contribution in [0.3, 0.4) is 0 Å². The van der Waals surface area contributed by atoms with Gasteiger partial charge in [-0.3, -0.25) is 0 Å². The van der Waals surface area contributed by atoms with Crippen LogP contribution in [0.25, 0.3) is 17.2 Å². The molecular formula is C15H11F3N4O. The molecule has 0 N–H and O–H groups in total. The van der Waals surface area contributed by atoms with Crippen LogP contribution in [0.15, 0.2) is 48.7 Å². The molecule has 0 atom stereocenters. The fourth-order valence-corrected chi connectivity index (χ4v) is 2.07. The van der Waals surface area contributed by atoms with Gasteiger partial charge in [0.25, 0.3) is 5.82 Å². The van der Waals surface area contributed by atoms with Crippen LogP contribution in [0.2, 0.25) is 0 Å². The quantitative estimate of drug-likeness (QED) is 0.742. The maximum absolute atomic E-state index is 13.0. The molecule has 2 aromatic heterocycles. The van der Waals surface area contributed by atoms with Crippen molar-refractivity contribution in [2.75, 3.05) is 7.11 Å². The number of halogens is 3. The molecule has 23 heavy (non-hydrogen) atoms. The largest absolute Gasteiger partial charge is 0.496 e. The topological polar surface area (TPSA) is 52.8 Å². The number of hydrogen-bond acceptors (Lipinski definition) is 4. The summed E-state index contributed by atoms with van der Waals surface area (Å²) in [6.45, 7) is 0. The van der Waals surface area contributed by atoms with Crippen LogP contribution < -0.4 is 4.74 Å². The lowest BCUT2D eigenvalue weighted by Gasteiger charge is -2.08. The van der Waals surface area contributed by atoms with Gasteiger partial charge in [0.15, 0.2) is 11.6 Å². The van der Waals surface area contributed by atoms with Crippen molar-refractivity contribution in [1.29, 1.82) is 0 Å². The van der Waals surface area contributed by atoms with Crippen molar-refractivity contribution in [3.8, 4) is 23.0 Å². The lowest BCUT2D eigenvalue weighted by molar-refractivity contribution is -0.144. The van der Waals surface area contributed by atoms with Gasteiger partial charge in [0.2, 0.25) is 0 Å². The van der Waals surface area contributed by atoms with Crippen molar-refractivity contribution in [2.24, 2.45) is 0 Å². The number of ether oxygens (including phenoxy) is 1. The van der Waals surface area contributed by atoms with Gasteiger partial charge in [-0.1, -0.05) is 18.2 Å². The SMILES string of the molecule is COc1ccccc1-c1nc(C(F)(F)F)nn1-c1ccccn1. The molecule has 0 saturated carbocycles. The number of pyridine rings is 1. The third-order valence-electron chi connectivity index (χ3n) is 3.07. The van der Waals surface area contributed by atoms with Gasteiger partial charge in [-0.05, 0) is 24.3 Å². The monoisotopic (exact) mass is 320 g/mol. The number of benzene rings is 1. The smallest absolute Gasteiger partial charge is 0.453 e. The number of methoxy groups -OCH3 is 1. The molecule has 0 amide bonds. The number of hydrogen-bond donors (Lipinski definition) is 0. The lowest BCUT2D eigenvalue weighted by atomic mass is 10.2. The van der Waals surface area contributed by atoms with E-state index in [1.165, 1.54) is 13.3 Å². The maximum atomic E-state index is 13.0. The number of para-hydroxylation sites is 1. The van der Waals surface area contributed by atoms with E-state index < -0.39 is 12.0 Å². The third kappa shape index (κ3) is 2.87. The first kappa shape index (κ1) is 15.0. The molecule has 2 heterocycles. The summed E-state index contributed by atoms with van der Waals surface area (Å²) in [6, 6.07) is 11.5. The number of alkyl halides is 3. The molecule has 0 aliphatic heterocycles. The summed E-state index contributed by atoms with van der Waals surface area (Å²) in [5, 5.41) is 3.57. The molecule has 0 bridgehead atoms. The predicted molar refractivity (Wildman–Crippen MR) is 76.1 cm³/mol. The summed E-state index contributed by atoms with van der Waals surface area (Å²) >= 11 is 0. The zero-order valence-corrected chi connectivity index (χ0v) is 11.9. The lowest BCUT2D eigenvalue weighted by Crippen LogP contribution is -2.09. The van der Waals surface area contributed by atoms with E-state index in [1.807, 2.05) is 0 Å². The minimum absolute atomic E-state index is 0.00785. The summed E-state index contributed by atoms with van der Waals surface area (Å²) in [7, 11) is 1.44. The summed E-state index contributed by atoms with van der Waals surface area (Å²) in [6.07, 6.45) is -3.19. The molecule has 0 radical (unpaired) electrons. The van der Waals surface area contributed by atoms with Crippen LogP contribution in [0.4, 0.5) is 13.2 Å². The first-order chi connectivity index (χ1) is 11.0. The third-order valence-corrected chi connectivity index (χ3v) is 3.07. The van der Waals surface area contributed by atoms with Gasteiger partial charge in [-0.2, -0.15) is 17.9 Å². The van der Waals surface area contributed by atoms with Gasteiger partial charge in [-0.15, -0.1) is 5.10 Å². The summed E-state index contributed by atoms with van der Waals surface area (Å²) in [4.78, 5) is 7.68. The minimum atomic E-state index is -4.66. The van der Waals surface area contributed by atoms with Crippen molar-refractivity contribution in [3.63, 3.8) is 0 Å². The number of nitrogens with zero attached hydrogens (tertiary/aromatic N) is 4. The second-order valence-corrected chi connectivity index (χ2v) is 4.56. The van der Waals surface area contributed by atoms with Crippen LogP contribution in [-0.4, -0.2) is 26.9 Å². The Morgan fingerprint density at radius 1 is 1.04 bits per heavy atom. The molecule has 5 nitrogen and oxygen atoms in total. The van der Waals surface area contributed by atoms with Crippen molar-refractivity contribution in [3.05, 3.63) is 54.5 Å². The Bertz CT molecular complexity index is 815. The van der Waals surface area contributed by atoms with Crippen LogP contribution in [0, 0.1) is 0 Å². The Morgan fingerprint density at radius 3 is 2.43 bits per heavy atom. The second-order valence-electron chi connectivity index (χ2n) is 4.56. The van der Waals surface area contributed by atoms with Crippen LogP contribution in [-0.2, 0) is 6.18 Å². The van der Waals surface area contributed by atoms with Gasteiger partial charge in [0, 0.05) is 6.20 Å². The summed E-state index contributed by atoms with van der Waals surface area (Å²) < 4.78 is 45.3. The molecule has 1 aromatic carbocycles. The Balaban J connectivity index is 2.25. The second kappa shape index (κ2) is 5.71. The van der Waals surface area contributed by atoms with Crippen molar-refractivity contribution < 1.29 is 17.9 Å². The van der Waals surface area contributed by atoms with Crippen LogP contribution in [0.1, 0.15) is 5.82 Å². The maximum Gasteiger partial charge on any atom is 0.453 e. The van der Waals surface area contributed by atoms with E-state index in [9.17, 15) is 13.2 Å². The fourth-order valence-electron chi connectivity index (χ4n) is 2.07. The van der Waals surface area contributed by atoms with E-state index >= 15 is 0 Å². The zero-order valence-electron chi connectivity index (χ0n) is 11.9. The number of aromatic nitrogens is 4. The van der Waals surface area contributed by atoms with Gasteiger partial charge >= 0.3 is 6.18 Å². The Morgan fingerprint density at radius 2 is 1.78 bits per heavy atom. The van der Waals surface area contributed by atoms with Gasteiger partial charge in [0.1, 0.15) is 5.75 Å². The molecule has 118 valence electrons. The highest BCUT2D eigenvalue weighted by Gasteiger charge is 2.38. The van der Waals surface area contributed by atoms with Gasteiger partial charge in [0.05, 0.1) is 12.7 Å². The van der Waals surface area contributed by atoms with E-state index in [1.54, 1.807) is 42.5 Å². The predicted octanol–water partition coefficient (Wildman–Crippen LogP) is 3.36. The van der Waals surface area contributed by atoms with E-state index in [0.29, 0.717) is 11.3 Å². The van der Waals surface area contributed by atoms with E-state index in [-0.39, 0.29) is 11.6 Å². The molecule has 3 aromatic rings. The molecule has 0 spiro atoms. The molecule has 3 rings (SSSR count). The first-order valence-corrected chi connectivity index (χ1v) is 6.60. The fraction of sp³-hybridized carbons (Fsp3) is 0.133. The first-order valence-electron chi connectivity index (χ1n) is 6.60. The van der Waals surface area contributed by atoms with Crippen LogP contribution >= 0.6 is 0 Å². The van der Waals surface area contributed by atoms with Crippen LogP contribution in [0.5, 0.6) is 5.75 Å². The Kier molecular flexibility index (Phi) is 3.73. The number of rotatable bonds is 3. The molecule has 0 aliphatic rings.